The molecule has 24 heavy (non-hydrogen) atoms. The Morgan fingerprint density at radius 1 is 1.04 bits per heavy atom. The highest BCUT2D eigenvalue weighted by atomic mass is 79.9. The predicted octanol–water partition coefficient (Wildman–Crippen LogP) is 6.76. The highest BCUT2D eigenvalue weighted by Gasteiger charge is 2.10. The number of hydrogen-bond acceptors (Lipinski definition) is 1. The van der Waals surface area contributed by atoms with Crippen LogP contribution < -0.4 is 0 Å². The Morgan fingerprint density at radius 3 is 2.42 bits per heavy atom. The number of aryl methyl sites for hydroxylation is 2. The van der Waals surface area contributed by atoms with E-state index >= 15 is 0 Å². The molecule has 0 fully saturated rings. The van der Waals surface area contributed by atoms with E-state index in [-0.39, 0.29) is 5.75 Å². The van der Waals surface area contributed by atoms with E-state index in [9.17, 15) is 5.11 Å². The van der Waals surface area contributed by atoms with Gasteiger partial charge in [-0.25, -0.2) is 0 Å². The highest BCUT2D eigenvalue weighted by molar-refractivity contribution is 9.11. The quantitative estimate of drug-likeness (QED) is 0.435. The van der Waals surface area contributed by atoms with Crippen molar-refractivity contribution in [2.24, 2.45) is 0 Å². The van der Waals surface area contributed by atoms with Crippen LogP contribution in [0.15, 0.2) is 45.3 Å². The molecule has 0 aliphatic heterocycles. The van der Waals surface area contributed by atoms with Crippen LogP contribution in [0.4, 0.5) is 0 Å². The lowest BCUT2D eigenvalue weighted by Crippen LogP contribution is -1.95. The summed E-state index contributed by atoms with van der Waals surface area (Å²) in [6, 6.07) is 11.8. The Bertz CT molecular complexity index is 883. The fraction of sp³-hybridized carbons (Fsp3) is 0.250. The first-order valence-corrected chi connectivity index (χ1v) is 9.60. The minimum Gasteiger partial charge on any atom is -0.290 e. The Kier molecular flexibility index (Phi) is 5.26. The van der Waals surface area contributed by atoms with Crippen molar-refractivity contribution in [1.82, 2.24) is 4.98 Å². The summed E-state index contributed by atoms with van der Waals surface area (Å²) in [4.78, 5) is 4.76. The van der Waals surface area contributed by atoms with Gasteiger partial charge in [-0.1, -0.05) is 51.3 Å². The van der Waals surface area contributed by atoms with Gasteiger partial charge in [0.05, 0.1) is 5.52 Å². The van der Waals surface area contributed by atoms with Crippen LogP contribution in [0.2, 0.25) is 0 Å². The fourth-order valence-electron chi connectivity index (χ4n) is 2.96. The zero-order chi connectivity index (χ0) is 17.3. The molecule has 0 atom stereocenters. The molecule has 3 rings (SSSR count). The fourth-order valence-corrected chi connectivity index (χ4v) is 4.38. The second-order valence-corrected chi connectivity index (χ2v) is 7.78. The molecule has 0 saturated carbocycles. The van der Waals surface area contributed by atoms with Crippen LogP contribution in [-0.4, -0.2) is 4.98 Å². The van der Waals surface area contributed by atoms with E-state index in [4.69, 9.17) is 4.98 Å². The van der Waals surface area contributed by atoms with Gasteiger partial charge in [-0.05, 0) is 66.8 Å². The number of fused-ring (bicyclic) bond motifs is 1. The van der Waals surface area contributed by atoms with E-state index < -0.39 is 0 Å². The number of hydrogen-bond donors (Lipinski definition) is 0. The summed E-state index contributed by atoms with van der Waals surface area (Å²) in [6.07, 6.45) is 2.88. The lowest BCUT2D eigenvalue weighted by molar-refractivity contribution is 0.354. The Morgan fingerprint density at radius 2 is 1.75 bits per heavy atom. The van der Waals surface area contributed by atoms with E-state index in [0.717, 1.165) is 45.0 Å². The Balaban J connectivity index is 2.00. The van der Waals surface area contributed by atoms with Gasteiger partial charge in [0.25, 0.3) is 0 Å². The molecule has 3 aromatic rings. The first-order valence-electron chi connectivity index (χ1n) is 8.02. The van der Waals surface area contributed by atoms with Crippen LogP contribution in [0, 0.1) is 6.92 Å². The highest BCUT2D eigenvalue weighted by Crippen LogP contribution is 2.33. The molecule has 0 amide bonds. The minimum absolute atomic E-state index is 0.000454. The first-order chi connectivity index (χ1) is 11.5. The largest absolute Gasteiger partial charge is 0.290 e. The molecule has 0 unspecified atom stereocenters. The zero-order valence-corrected chi connectivity index (χ0v) is 16.9. The zero-order valence-electron chi connectivity index (χ0n) is 13.7. The number of halogens is 2. The minimum atomic E-state index is -0.000454. The summed E-state index contributed by atoms with van der Waals surface area (Å²) >= 11 is 7.01. The maximum Gasteiger partial charge on any atom is 0.180 e. The van der Waals surface area contributed by atoms with Crippen molar-refractivity contribution in [2.75, 3.05) is 0 Å². The standard InChI is InChI=1S/C20H18Br2NO/c1-3-4-14-7-12(2)16-8-13(5-6-20(16)23-14)9-17-18(21)10-15(24)11-19(17)22/h5-8,10-11H,3-4,9H2,1-2H3. The van der Waals surface area contributed by atoms with Gasteiger partial charge >= 0.3 is 0 Å². The third-order valence-electron chi connectivity index (χ3n) is 4.13. The molecule has 1 radical (unpaired) electrons. The van der Waals surface area contributed by atoms with E-state index in [1.54, 1.807) is 12.1 Å². The SMILES string of the molecule is CCCc1cc(C)c2cc(Cc3c(Br)cc([O])cc3Br)ccc2n1. The second-order valence-electron chi connectivity index (χ2n) is 6.07. The van der Waals surface area contributed by atoms with E-state index in [0.29, 0.717) is 0 Å². The molecule has 0 bridgehead atoms. The van der Waals surface area contributed by atoms with Crippen LogP contribution in [0.1, 0.15) is 35.7 Å². The van der Waals surface area contributed by atoms with Gasteiger partial charge < -0.3 is 0 Å². The maximum absolute atomic E-state index is 11.6. The van der Waals surface area contributed by atoms with Crippen molar-refractivity contribution in [3.8, 4) is 5.75 Å². The number of aromatic nitrogens is 1. The number of benzene rings is 2. The molecule has 0 aliphatic carbocycles. The van der Waals surface area contributed by atoms with Crippen LogP contribution >= 0.6 is 31.9 Å². The summed E-state index contributed by atoms with van der Waals surface area (Å²) < 4.78 is 1.69. The third-order valence-corrected chi connectivity index (χ3v) is 5.55. The van der Waals surface area contributed by atoms with Crippen LogP contribution in [0.5, 0.6) is 5.75 Å². The van der Waals surface area contributed by atoms with Crippen molar-refractivity contribution in [3.05, 3.63) is 67.7 Å². The van der Waals surface area contributed by atoms with Gasteiger partial charge in [-0.2, -0.15) is 0 Å². The Labute approximate surface area is 159 Å². The molecule has 1 heterocycles. The molecule has 123 valence electrons. The summed E-state index contributed by atoms with van der Waals surface area (Å²) in [7, 11) is 0. The number of pyridine rings is 1. The molecular weight excluding hydrogens is 430 g/mol. The lowest BCUT2D eigenvalue weighted by Gasteiger charge is -2.11. The first kappa shape index (κ1) is 17.4. The monoisotopic (exact) mass is 446 g/mol. The topological polar surface area (TPSA) is 32.8 Å². The average Bonchev–Trinajstić information content (AvgIpc) is 2.51. The predicted molar refractivity (Wildman–Crippen MR) is 105 cm³/mol. The smallest absolute Gasteiger partial charge is 0.180 e. The summed E-state index contributed by atoms with van der Waals surface area (Å²) in [5, 5.41) is 12.7. The number of rotatable bonds is 4. The average molecular weight is 448 g/mol. The normalized spacial score (nSPS) is 11.2. The van der Waals surface area contributed by atoms with E-state index in [1.807, 2.05) is 0 Å². The molecule has 0 aliphatic rings. The van der Waals surface area contributed by atoms with Gasteiger partial charge in [0.15, 0.2) is 5.75 Å². The van der Waals surface area contributed by atoms with E-state index in [1.165, 1.54) is 16.5 Å². The molecule has 2 aromatic carbocycles. The lowest BCUT2D eigenvalue weighted by atomic mass is 10.00. The van der Waals surface area contributed by atoms with Crippen molar-refractivity contribution in [3.63, 3.8) is 0 Å². The molecular formula is C20H18Br2NO. The maximum atomic E-state index is 11.6. The summed E-state index contributed by atoms with van der Waals surface area (Å²) in [6.45, 7) is 4.32. The van der Waals surface area contributed by atoms with Crippen LogP contribution in [0.25, 0.3) is 10.9 Å². The van der Waals surface area contributed by atoms with Crippen molar-refractivity contribution < 1.29 is 5.11 Å². The molecule has 4 heteroatoms. The Hall–Kier alpha value is -1.39. The second kappa shape index (κ2) is 7.24. The van der Waals surface area contributed by atoms with Gasteiger partial charge in [0.2, 0.25) is 0 Å². The van der Waals surface area contributed by atoms with Crippen LogP contribution in [0.3, 0.4) is 0 Å². The number of nitrogens with zero attached hydrogens (tertiary/aromatic N) is 1. The molecule has 2 nitrogen and oxygen atoms in total. The van der Waals surface area contributed by atoms with Gasteiger partial charge in [-0.3, -0.25) is 10.1 Å². The van der Waals surface area contributed by atoms with Gasteiger partial charge in [0, 0.05) is 20.0 Å². The van der Waals surface area contributed by atoms with Crippen LogP contribution in [-0.2, 0) is 17.9 Å². The molecule has 0 spiro atoms. The molecule has 0 N–H and O–H groups in total. The molecule has 0 saturated heterocycles. The van der Waals surface area contributed by atoms with E-state index in [2.05, 4.69) is 70.0 Å². The van der Waals surface area contributed by atoms with Gasteiger partial charge in [-0.15, -0.1) is 0 Å². The van der Waals surface area contributed by atoms with Crippen molar-refractivity contribution >= 4 is 42.8 Å². The summed E-state index contributed by atoms with van der Waals surface area (Å²) in [5.74, 6) is -0.000454. The third kappa shape index (κ3) is 3.65. The van der Waals surface area contributed by atoms with Crippen molar-refractivity contribution in [1.29, 1.82) is 0 Å². The summed E-state index contributed by atoms with van der Waals surface area (Å²) in [5.41, 5.74) is 5.76. The van der Waals surface area contributed by atoms with Gasteiger partial charge in [0.1, 0.15) is 0 Å². The molecule has 1 aromatic heterocycles. The van der Waals surface area contributed by atoms with Crippen molar-refractivity contribution in [2.45, 2.75) is 33.1 Å².